The van der Waals surface area contributed by atoms with Crippen LogP contribution in [0.3, 0.4) is 0 Å². The van der Waals surface area contributed by atoms with Crippen LogP contribution in [0.25, 0.3) is 21.8 Å². The second-order valence-electron chi connectivity index (χ2n) is 5.86. The number of carbonyl (C=O) groups is 1. The fourth-order valence-electron chi connectivity index (χ4n) is 3.22. The zero-order valence-electron chi connectivity index (χ0n) is 13.1. The van der Waals surface area contributed by atoms with Gasteiger partial charge in [-0.1, -0.05) is 29.8 Å². The van der Waals surface area contributed by atoms with E-state index in [1.807, 2.05) is 28.8 Å². The van der Waals surface area contributed by atoms with Gasteiger partial charge in [-0.2, -0.15) is 0 Å². The topological polar surface area (TPSA) is 48.0 Å². The summed E-state index contributed by atoms with van der Waals surface area (Å²) in [6.07, 6.45) is 0. The number of aromatic nitrogens is 1. The summed E-state index contributed by atoms with van der Waals surface area (Å²) < 4.78 is 15.8. The van der Waals surface area contributed by atoms with Crippen LogP contribution in [0, 0.1) is 11.9 Å². The van der Waals surface area contributed by atoms with Gasteiger partial charge in [0.25, 0.3) is 0 Å². The Kier molecular flexibility index (Phi) is 3.70. The Balaban J connectivity index is 2.06. The molecule has 0 aliphatic heterocycles. The van der Waals surface area contributed by atoms with Gasteiger partial charge < -0.3 is 10.3 Å². The maximum absolute atomic E-state index is 13.8. The lowest BCUT2D eigenvalue weighted by molar-refractivity contribution is 0.100. The highest BCUT2D eigenvalue weighted by Crippen LogP contribution is 2.32. The number of carbonyl (C=O) groups excluding carboxylic acids is 1. The van der Waals surface area contributed by atoms with Crippen molar-refractivity contribution in [3.05, 3.63) is 82.6 Å². The second-order valence-corrected chi connectivity index (χ2v) is 6.29. The van der Waals surface area contributed by atoms with E-state index in [0.29, 0.717) is 33.4 Å². The first-order chi connectivity index (χ1) is 12.0. The molecule has 4 aromatic rings. The smallest absolute Gasteiger partial charge is 0.249 e. The van der Waals surface area contributed by atoms with E-state index in [4.69, 9.17) is 17.3 Å². The van der Waals surface area contributed by atoms with E-state index in [1.54, 1.807) is 18.2 Å². The Labute approximate surface area is 148 Å². The SMILES string of the molecule is NC(=O)c1cccc2c1c1[c]cc(F)cc1n2Cc1cccc(Cl)c1. The van der Waals surface area contributed by atoms with E-state index < -0.39 is 5.91 Å². The minimum absolute atomic E-state index is 0.386. The van der Waals surface area contributed by atoms with Crippen molar-refractivity contribution < 1.29 is 9.18 Å². The molecule has 0 unspecified atom stereocenters. The van der Waals surface area contributed by atoms with Crippen molar-refractivity contribution in [3.63, 3.8) is 0 Å². The van der Waals surface area contributed by atoms with Crippen LogP contribution in [0.4, 0.5) is 4.39 Å². The van der Waals surface area contributed by atoms with Gasteiger partial charge in [0, 0.05) is 27.9 Å². The Hall–Kier alpha value is -2.85. The quantitative estimate of drug-likeness (QED) is 0.579. The molecule has 0 aliphatic rings. The maximum Gasteiger partial charge on any atom is 0.249 e. The van der Waals surface area contributed by atoms with Crippen LogP contribution in [0.5, 0.6) is 0 Å². The molecule has 0 aliphatic carbocycles. The number of halogens is 2. The van der Waals surface area contributed by atoms with Crippen LogP contribution < -0.4 is 5.73 Å². The lowest BCUT2D eigenvalue weighted by Gasteiger charge is -2.08. The molecule has 0 fully saturated rings. The standard InChI is InChI=1S/C20H13ClFN2O/c21-13-4-1-3-12(9-13)11-24-17-6-2-5-16(20(23)25)19(17)15-8-7-14(22)10-18(15)24/h1-7,9-10H,11H2,(H2,23,25). The third kappa shape index (κ3) is 2.65. The van der Waals surface area contributed by atoms with Gasteiger partial charge in [-0.3, -0.25) is 4.79 Å². The summed E-state index contributed by atoms with van der Waals surface area (Å²) in [6.45, 7) is 0.486. The molecule has 3 aromatic carbocycles. The number of primary amides is 1. The summed E-state index contributed by atoms with van der Waals surface area (Å²) in [5.41, 5.74) is 8.35. The Morgan fingerprint density at radius 1 is 1.16 bits per heavy atom. The molecule has 3 nitrogen and oxygen atoms in total. The maximum atomic E-state index is 13.8. The number of nitrogens with two attached hydrogens (primary N) is 1. The van der Waals surface area contributed by atoms with Crippen LogP contribution in [0.1, 0.15) is 15.9 Å². The van der Waals surface area contributed by atoms with Crippen molar-refractivity contribution in [2.24, 2.45) is 5.73 Å². The first-order valence-electron chi connectivity index (χ1n) is 7.71. The third-order valence-electron chi connectivity index (χ3n) is 4.25. The fourth-order valence-corrected chi connectivity index (χ4v) is 3.44. The van der Waals surface area contributed by atoms with Crippen LogP contribution in [0.2, 0.25) is 5.02 Å². The average Bonchev–Trinajstić information content (AvgIpc) is 2.88. The minimum atomic E-state index is -0.523. The molecule has 0 saturated carbocycles. The third-order valence-corrected chi connectivity index (χ3v) is 4.49. The summed E-state index contributed by atoms with van der Waals surface area (Å²) >= 11 is 6.08. The molecular weight excluding hydrogens is 339 g/mol. The van der Waals surface area contributed by atoms with Gasteiger partial charge in [0.1, 0.15) is 5.82 Å². The van der Waals surface area contributed by atoms with Gasteiger partial charge in [-0.15, -0.1) is 0 Å². The molecule has 1 aromatic heterocycles. The summed E-state index contributed by atoms with van der Waals surface area (Å²) in [7, 11) is 0. The van der Waals surface area contributed by atoms with Gasteiger partial charge in [0.2, 0.25) is 5.91 Å². The molecule has 0 saturated heterocycles. The summed E-state index contributed by atoms with van der Waals surface area (Å²) in [5, 5.41) is 1.99. The number of hydrogen-bond donors (Lipinski definition) is 1. The normalized spacial score (nSPS) is 11.3. The Morgan fingerprint density at radius 3 is 2.72 bits per heavy atom. The van der Waals surface area contributed by atoms with E-state index in [2.05, 4.69) is 6.07 Å². The number of fused-ring (bicyclic) bond motifs is 3. The molecule has 5 heteroatoms. The van der Waals surface area contributed by atoms with Crippen LogP contribution in [0.15, 0.2) is 54.6 Å². The summed E-state index contributed by atoms with van der Waals surface area (Å²) in [5.74, 6) is -0.909. The first-order valence-corrected chi connectivity index (χ1v) is 8.09. The minimum Gasteiger partial charge on any atom is -0.366 e. The van der Waals surface area contributed by atoms with Crippen molar-refractivity contribution in [3.8, 4) is 0 Å². The predicted molar refractivity (Wildman–Crippen MR) is 97.3 cm³/mol. The molecular formula is C20H13ClFN2O. The monoisotopic (exact) mass is 351 g/mol. The number of nitrogens with zero attached hydrogens (tertiary/aromatic N) is 1. The zero-order chi connectivity index (χ0) is 17.6. The Morgan fingerprint density at radius 2 is 1.96 bits per heavy atom. The predicted octanol–water partition coefficient (Wildman–Crippen LogP) is 4.53. The fraction of sp³-hybridized carbons (Fsp3) is 0.0500. The lowest BCUT2D eigenvalue weighted by atomic mass is 10.1. The highest BCUT2D eigenvalue weighted by molar-refractivity contribution is 6.30. The van der Waals surface area contributed by atoms with Gasteiger partial charge in [0.05, 0.1) is 11.0 Å². The van der Waals surface area contributed by atoms with Crippen LogP contribution in [-0.2, 0) is 6.54 Å². The number of hydrogen-bond acceptors (Lipinski definition) is 1. The largest absolute Gasteiger partial charge is 0.366 e. The molecule has 1 heterocycles. The summed E-state index contributed by atoms with van der Waals surface area (Å²) in [6, 6.07) is 18.5. The van der Waals surface area contributed by atoms with Crippen LogP contribution >= 0.6 is 11.6 Å². The first kappa shape index (κ1) is 15.7. The van der Waals surface area contributed by atoms with Gasteiger partial charge in [-0.25, -0.2) is 4.39 Å². The number of rotatable bonds is 3. The molecule has 123 valence electrons. The zero-order valence-corrected chi connectivity index (χ0v) is 13.8. The highest BCUT2D eigenvalue weighted by Gasteiger charge is 2.17. The van der Waals surface area contributed by atoms with Gasteiger partial charge in [0.15, 0.2) is 0 Å². The molecule has 0 atom stereocenters. The van der Waals surface area contributed by atoms with Crippen molar-refractivity contribution in [1.82, 2.24) is 4.57 Å². The van der Waals surface area contributed by atoms with E-state index in [0.717, 1.165) is 11.1 Å². The van der Waals surface area contributed by atoms with Gasteiger partial charge >= 0.3 is 0 Å². The molecule has 1 amide bonds. The van der Waals surface area contributed by atoms with E-state index in [1.165, 1.54) is 12.1 Å². The summed E-state index contributed by atoms with van der Waals surface area (Å²) in [4.78, 5) is 11.8. The van der Waals surface area contributed by atoms with Crippen molar-refractivity contribution >= 4 is 39.3 Å². The lowest BCUT2D eigenvalue weighted by Crippen LogP contribution is -2.11. The number of amides is 1. The van der Waals surface area contributed by atoms with Crippen LogP contribution in [-0.4, -0.2) is 10.5 Å². The molecule has 1 radical (unpaired) electrons. The molecule has 4 rings (SSSR count). The van der Waals surface area contributed by atoms with E-state index in [-0.39, 0.29) is 5.82 Å². The van der Waals surface area contributed by atoms with Gasteiger partial charge in [-0.05, 0) is 48.0 Å². The highest BCUT2D eigenvalue weighted by atomic mass is 35.5. The molecule has 2 N–H and O–H groups in total. The van der Waals surface area contributed by atoms with Crippen molar-refractivity contribution in [2.75, 3.05) is 0 Å². The molecule has 0 bridgehead atoms. The number of benzene rings is 3. The molecule has 25 heavy (non-hydrogen) atoms. The van der Waals surface area contributed by atoms with Crippen molar-refractivity contribution in [1.29, 1.82) is 0 Å². The average molecular weight is 352 g/mol. The second kappa shape index (κ2) is 5.90. The Bertz CT molecular complexity index is 1130. The van der Waals surface area contributed by atoms with E-state index in [9.17, 15) is 9.18 Å². The van der Waals surface area contributed by atoms with Crippen molar-refractivity contribution in [2.45, 2.75) is 6.54 Å². The van der Waals surface area contributed by atoms with E-state index >= 15 is 0 Å². The molecule has 0 spiro atoms.